The van der Waals surface area contributed by atoms with Crippen molar-refractivity contribution in [3.05, 3.63) is 55.0 Å². The normalized spacial score (nSPS) is 11.0. The van der Waals surface area contributed by atoms with E-state index in [0.29, 0.717) is 11.5 Å². The van der Waals surface area contributed by atoms with E-state index >= 15 is 0 Å². The van der Waals surface area contributed by atoms with Crippen LogP contribution in [0.5, 0.6) is 0 Å². The van der Waals surface area contributed by atoms with Crippen molar-refractivity contribution in [3.8, 4) is 0 Å². The van der Waals surface area contributed by atoms with Crippen molar-refractivity contribution < 1.29 is 0 Å². The number of rotatable bonds is 2. The molecule has 0 bridgehead atoms. The van der Waals surface area contributed by atoms with Crippen LogP contribution in [0.25, 0.3) is 16.7 Å². The molecule has 0 aliphatic heterocycles. The molecule has 3 aromatic heterocycles. The monoisotopic (exact) mass is 262 g/mol. The van der Waals surface area contributed by atoms with E-state index in [1.165, 1.54) is 0 Å². The maximum absolute atomic E-state index is 4.60. The maximum atomic E-state index is 4.60. The van der Waals surface area contributed by atoms with Crippen LogP contribution in [0, 0.1) is 0 Å². The minimum Gasteiger partial charge on any atom is -0.322 e. The van der Waals surface area contributed by atoms with Crippen LogP contribution in [0.15, 0.2) is 55.0 Å². The average Bonchev–Trinajstić information content (AvgIpc) is 2.98. The minimum absolute atomic E-state index is 0.639. The second-order valence-corrected chi connectivity index (χ2v) is 4.31. The average molecular weight is 262 g/mol. The second kappa shape index (κ2) is 4.27. The van der Waals surface area contributed by atoms with Gasteiger partial charge in [0.2, 0.25) is 5.65 Å². The minimum atomic E-state index is 0.639. The van der Waals surface area contributed by atoms with Crippen LogP contribution in [0.1, 0.15) is 0 Å². The van der Waals surface area contributed by atoms with Crippen LogP contribution in [0.3, 0.4) is 0 Å². The van der Waals surface area contributed by atoms with Crippen molar-refractivity contribution in [2.75, 3.05) is 5.32 Å². The van der Waals surface area contributed by atoms with Gasteiger partial charge in [-0.25, -0.2) is 9.97 Å². The lowest BCUT2D eigenvalue weighted by Gasteiger charge is -2.07. The highest BCUT2D eigenvalue weighted by atomic mass is 15.3. The summed E-state index contributed by atoms with van der Waals surface area (Å²) < 4.78 is 1.91. The molecule has 3 heterocycles. The largest absolute Gasteiger partial charge is 0.322 e. The first-order valence-electron chi connectivity index (χ1n) is 6.18. The predicted octanol–water partition coefficient (Wildman–Crippen LogP) is 2.42. The molecular formula is C14H10N6. The quantitative estimate of drug-likeness (QED) is 0.601. The number of hydrogen-bond donors (Lipinski definition) is 1. The molecule has 4 aromatic rings. The zero-order chi connectivity index (χ0) is 13.4. The van der Waals surface area contributed by atoms with Gasteiger partial charge in [-0.2, -0.15) is 0 Å². The van der Waals surface area contributed by atoms with Gasteiger partial charge in [-0.05, 0) is 24.3 Å². The first-order valence-corrected chi connectivity index (χ1v) is 6.18. The lowest BCUT2D eigenvalue weighted by atomic mass is 10.3. The number of hydrogen-bond acceptors (Lipinski definition) is 5. The first kappa shape index (κ1) is 10.9. The van der Waals surface area contributed by atoms with Crippen LogP contribution in [-0.2, 0) is 0 Å². The molecule has 0 atom stereocenters. The summed E-state index contributed by atoms with van der Waals surface area (Å²) in [5.74, 6) is 1.36. The maximum Gasteiger partial charge on any atom is 0.204 e. The third kappa shape index (κ3) is 1.66. The summed E-state index contributed by atoms with van der Waals surface area (Å²) in [6.45, 7) is 0. The number of benzene rings is 1. The molecule has 1 aromatic carbocycles. The number of pyridine rings is 1. The molecule has 6 heteroatoms. The zero-order valence-electron chi connectivity index (χ0n) is 10.4. The highest BCUT2D eigenvalue weighted by Gasteiger charge is 2.10. The van der Waals surface area contributed by atoms with Crippen molar-refractivity contribution >= 4 is 28.3 Å². The summed E-state index contributed by atoms with van der Waals surface area (Å²) in [5, 5.41) is 11.3. The summed E-state index contributed by atoms with van der Waals surface area (Å²) in [6, 6.07) is 13.5. The van der Waals surface area contributed by atoms with Gasteiger partial charge in [0.1, 0.15) is 12.1 Å². The van der Waals surface area contributed by atoms with E-state index in [2.05, 4.69) is 25.5 Å². The Bertz CT molecular complexity index is 884. The second-order valence-electron chi connectivity index (χ2n) is 4.31. The fourth-order valence-electron chi connectivity index (χ4n) is 2.15. The molecule has 6 nitrogen and oxygen atoms in total. The Morgan fingerprint density at radius 1 is 1.00 bits per heavy atom. The molecule has 0 radical (unpaired) electrons. The fraction of sp³-hybridized carbons (Fsp3) is 0. The molecular weight excluding hydrogens is 252 g/mol. The zero-order valence-corrected chi connectivity index (χ0v) is 10.4. The van der Waals surface area contributed by atoms with Gasteiger partial charge >= 0.3 is 0 Å². The van der Waals surface area contributed by atoms with Gasteiger partial charge in [0.25, 0.3) is 0 Å². The number of nitrogens with zero attached hydrogens (tertiary/aromatic N) is 5. The standard InChI is InChI=1S/C14H10N6/c1-2-6-11-10(5-1)17-13(14-19-16-9-20(11)14)18-12-7-3-4-8-15-12/h1-9H,(H,15,17,18). The molecule has 0 saturated carbocycles. The smallest absolute Gasteiger partial charge is 0.204 e. The SMILES string of the molecule is c1ccc(Nc2nc3ccccc3n3cnnc23)nc1. The van der Waals surface area contributed by atoms with Gasteiger partial charge in [-0.3, -0.25) is 4.40 Å². The van der Waals surface area contributed by atoms with E-state index < -0.39 is 0 Å². The number of para-hydroxylation sites is 2. The number of aromatic nitrogens is 5. The van der Waals surface area contributed by atoms with Gasteiger partial charge in [0, 0.05) is 6.20 Å². The van der Waals surface area contributed by atoms with Gasteiger partial charge < -0.3 is 5.32 Å². The van der Waals surface area contributed by atoms with Gasteiger partial charge in [0.05, 0.1) is 11.0 Å². The molecule has 0 unspecified atom stereocenters. The Labute approximate surface area is 114 Å². The van der Waals surface area contributed by atoms with Gasteiger partial charge in [0.15, 0.2) is 5.82 Å². The summed E-state index contributed by atoms with van der Waals surface area (Å²) >= 11 is 0. The van der Waals surface area contributed by atoms with Crippen LogP contribution in [-0.4, -0.2) is 24.6 Å². The van der Waals surface area contributed by atoms with E-state index in [9.17, 15) is 0 Å². The Kier molecular flexibility index (Phi) is 2.32. The Hall–Kier alpha value is -3.02. The van der Waals surface area contributed by atoms with Crippen LogP contribution < -0.4 is 5.32 Å². The lowest BCUT2D eigenvalue weighted by Crippen LogP contribution is -2.00. The molecule has 1 N–H and O–H groups in total. The third-order valence-corrected chi connectivity index (χ3v) is 3.04. The molecule has 0 aliphatic carbocycles. The van der Waals surface area contributed by atoms with Crippen LogP contribution in [0.4, 0.5) is 11.6 Å². The molecule has 96 valence electrons. The summed E-state index contributed by atoms with van der Waals surface area (Å²) in [6.07, 6.45) is 3.41. The van der Waals surface area contributed by atoms with Crippen LogP contribution in [0.2, 0.25) is 0 Å². The lowest BCUT2D eigenvalue weighted by molar-refractivity contribution is 1.11. The topological polar surface area (TPSA) is 68.0 Å². The number of nitrogens with one attached hydrogen (secondary N) is 1. The van der Waals surface area contributed by atoms with E-state index in [-0.39, 0.29) is 0 Å². The molecule has 0 spiro atoms. The Morgan fingerprint density at radius 3 is 2.80 bits per heavy atom. The Morgan fingerprint density at radius 2 is 1.90 bits per heavy atom. The summed E-state index contributed by atoms with van der Waals surface area (Å²) in [5.41, 5.74) is 2.52. The van der Waals surface area contributed by atoms with Crippen molar-refractivity contribution in [1.29, 1.82) is 0 Å². The predicted molar refractivity (Wildman–Crippen MR) is 75.8 cm³/mol. The molecule has 4 rings (SSSR count). The molecule has 0 saturated heterocycles. The van der Waals surface area contributed by atoms with Crippen molar-refractivity contribution in [2.45, 2.75) is 0 Å². The van der Waals surface area contributed by atoms with E-state index in [1.54, 1.807) is 12.5 Å². The van der Waals surface area contributed by atoms with Crippen molar-refractivity contribution in [3.63, 3.8) is 0 Å². The summed E-state index contributed by atoms with van der Waals surface area (Å²) in [7, 11) is 0. The van der Waals surface area contributed by atoms with Crippen molar-refractivity contribution in [2.24, 2.45) is 0 Å². The molecule has 0 fully saturated rings. The highest BCUT2D eigenvalue weighted by Crippen LogP contribution is 2.21. The van der Waals surface area contributed by atoms with Gasteiger partial charge in [-0.15, -0.1) is 10.2 Å². The van der Waals surface area contributed by atoms with E-state index in [0.717, 1.165) is 16.9 Å². The Balaban J connectivity index is 1.95. The van der Waals surface area contributed by atoms with Crippen LogP contribution >= 0.6 is 0 Å². The van der Waals surface area contributed by atoms with Crippen molar-refractivity contribution in [1.82, 2.24) is 24.6 Å². The molecule has 0 amide bonds. The fourth-order valence-corrected chi connectivity index (χ4v) is 2.15. The highest BCUT2D eigenvalue weighted by molar-refractivity contribution is 5.83. The number of fused-ring (bicyclic) bond motifs is 3. The third-order valence-electron chi connectivity index (χ3n) is 3.04. The van der Waals surface area contributed by atoms with Gasteiger partial charge in [-0.1, -0.05) is 18.2 Å². The van der Waals surface area contributed by atoms with E-state index in [1.807, 2.05) is 46.9 Å². The van der Waals surface area contributed by atoms with E-state index in [4.69, 9.17) is 0 Å². The number of anilines is 2. The molecule has 20 heavy (non-hydrogen) atoms. The summed E-state index contributed by atoms with van der Waals surface area (Å²) in [4.78, 5) is 8.83. The molecule has 0 aliphatic rings. The first-order chi connectivity index (χ1) is 9.92.